The summed E-state index contributed by atoms with van der Waals surface area (Å²) >= 11 is 0. The topological polar surface area (TPSA) is 83.6 Å². The molecule has 2 rings (SSSR count). The molecule has 0 aliphatic carbocycles. The molecule has 0 atom stereocenters. The van der Waals surface area contributed by atoms with E-state index in [1.807, 2.05) is 12.1 Å². The van der Waals surface area contributed by atoms with Crippen molar-refractivity contribution >= 4 is 16.7 Å². The quantitative estimate of drug-likeness (QED) is 0.793. The highest BCUT2D eigenvalue weighted by molar-refractivity contribution is 6.00. The van der Waals surface area contributed by atoms with E-state index in [0.29, 0.717) is 5.39 Å². The molecular weight excluding hydrogens is 242 g/mol. The van der Waals surface area contributed by atoms with Gasteiger partial charge in [0, 0.05) is 5.39 Å². The zero-order chi connectivity index (χ0) is 14.3. The van der Waals surface area contributed by atoms with Crippen LogP contribution in [0, 0.1) is 0 Å². The van der Waals surface area contributed by atoms with E-state index < -0.39 is 5.97 Å². The molecule has 0 amide bonds. The number of phenols is 1. The van der Waals surface area contributed by atoms with Crippen LogP contribution >= 0.6 is 0 Å². The van der Waals surface area contributed by atoms with Gasteiger partial charge in [-0.1, -0.05) is 43.7 Å². The summed E-state index contributed by atoms with van der Waals surface area (Å²) in [5, 5.41) is 19.8. The van der Waals surface area contributed by atoms with Crippen molar-refractivity contribution in [2.75, 3.05) is 6.54 Å². The summed E-state index contributed by atoms with van der Waals surface area (Å²) in [6.45, 7) is 2.98. The number of aromatic carboxylic acids is 1. The Morgan fingerprint density at radius 1 is 1.21 bits per heavy atom. The van der Waals surface area contributed by atoms with Crippen LogP contribution in [-0.4, -0.2) is 22.7 Å². The van der Waals surface area contributed by atoms with Gasteiger partial charge in [-0.2, -0.15) is 0 Å². The van der Waals surface area contributed by atoms with E-state index in [1.165, 1.54) is 18.9 Å². The van der Waals surface area contributed by atoms with Crippen LogP contribution in [0.5, 0.6) is 5.75 Å². The summed E-state index contributed by atoms with van der Waals surface area (Å²) < 4.78 is 0. The van der Waals surface area contributed by atoms with Gasteiger partial charge in [0.25, 0.3) is 0 Å². The predicted molar refractivity (Wildman–Crippen MR) is 76.5 cm³/mol. The molecule has 0 aliphatic rings. The van der Waals surface area contributed by atoms with E-state index in [1.54, 1.807) is 18.2 Å². The fourth-order valence-corrected chi connectivity index (χ4v) is 1.63. The van der Waals surface area contributed by atoms with Crippen molar-refractivity contribution in [2.24, 2.45) is 5.73 Å². The molecule has 2 aromatic carbocycles. The van der Waals surface area contributed by atoms with Crippen LogP contribution < -0.4 is 5.73 Å². The summed E-state index contributed by atoms with van der Waals surface area (Å²) in [5.74, 6) is -1.29. The molecule has 4 N–H and O–H groups in total. The van der Waals surface area contributed by atoms with Gasteiger partial charge in [0.05, 0.1) is 0 Å². The SMILES string of the molecule is CCCCN.O=C(O)c1ccc2ccccc2c1O. The number of benzene rings is 2. The fraction of sp³-hybridized carbons (Fsp3) is 0.267. The van der Waals surface area contributed by atoms with Crippen molar-refractivity contribution in [1.29, 1.82) is 0 Å². The minimum atomic E-state index is -1.12. The standard InChI is InChI=1S/C11H8O3.C4H11N/c12-10-8-4-2-1-3-7(8)5-6-9(10)11(13)14;1-2-3-4-5/h1-6,12H,(H,13,14);2-5H2,1H3. The average Bonchev–Trinajstić information content (AvgIpc) is 2.40. The number of aromatic hydroxyl groups is 1. The molecule has 4 heteroatoms. The molecule has 0 fully saturated rings. The number of fused-ring (bicyclic) bond motifs is 1. The van der Waals surface area contributed by atoms with Gasteiger partial charge < -0.3 is 15.9 Å². The lowest BCUT2D eigenvalue weighted by Crippen LogP contribution is -1.96. The van der Waals surface area contributed by atoms with Crippen LogP contribution in [0.25, 0.3) is 10.8 Å². The van der Waals surface area contributed by atoms with Gasteiger partial charge in [-0.3, -0.25) is 0 Å². The number of nitrogens with two attached hydrogens (primary N) is 1. The maximum atomic E-state index is 10.7. The Hall–Kier alpha value is -2.07. The monoisotopic (exact) mass is 261 g/mol. The van der Waals surface area contributed by atoms with Gasteiger partial charge in [-0.15, -0.1) is 0 Å². The van der Waals surface area contributed by atoms with Crippen LogP contribution in [0.4, 0.5) is 0 Å². The minimum absolute atomic E-state index is 0.0660. The first-order valence-corrected chi connectivity index (χ1v) is 6.25. The zero-order valence-electron chi connectivity index (χ0n) is 11.0. The van der Waals surface area contributed by atoms with E-state index in [-0.39, 0.29) is 11.3 Å². The highest BCUT2D eigenvalue weighted by atomic mass is 16.4. The maximum absolute atomic E-state index is 10.7. The third-order valence-corrected chi connectivity index (χ3v) is 2.69. The molecule has 0 spiro atoms. The molecule has 19 heavy (non-hydrogen) atoms. The van der Waals surface area contributed by atoms with Crippen LogP contribution in [0.15, 0.2) is 36.4 Å². The van der Waals surface area contributed by atoms with Crippen molar-refractivity contribution in [2.45, 2.75) is 19.8 Å². The molecular formula is C15H19NO3. The normalized spacial score (nSPS) is 9.79. The van der Waals surface area contributed by atoms with Gasteiger partial charge in [0.1, 0.15) is 11.3 Å². The number of hydrogen-bond acceptors (Lipinski definition) is 3. The molecule has 4 nitrogen and oxygen atoms in total. The average molecular weight is 261 g/mol. The van der Waals surface area contributed by atoms with Gasteiger partial charge >= 0.3 is 5.97 Å². The van der Waals surface area contributed by atoms with E-state index in [9.17, 15) is 9.90 Å². The first-order valence-electron chi connectivity index (χ1n) is 6.25. The Morgan fingerprint density at radius 2 is 1.89 bits per heavy atom. The van der Waals surface area contributed by atoms with Crippen LogP contribution in [-0.2, 0) is 0 Å². The van der Waals surface area contributed by atoms with E-state index in [4.69, 9.17) is 10.8 Å². The van der Waals surface area contributed by atoms with Gasteiger partial charge in [0.15, 0.2) is 0 Å². The molecule has 2 aromatic rings. The Bertz CT molecular complexity index is 550. The minimum Gasteiger partial charge on any atom is -0.506 e. The molecule has 0 saturated carbocycles. The highest BCUT2D eigenvalue weighted by Gasteiger charge is 2.11. The first-order chi connectivity index (χ1) is 9.11. The number of rotatable bonds is 3. The Morgan fingerprint density at radius 3 is 2.42 bits per heavy atom. The smallest absolute Gasteiger partial charge is 0.339 e. The lowest BCUT2D eigenvalue weighted by molar-refractivity contribution is 0.0694. The molecule has 0 unspecified atom stereocenters. The third-order valence-electron chi connectivity index (χ3n) is 2.69. The Balaban J connectivity index is 0.000000312. The molecule has 0 aromatic heterocycles. The number of carboxylic acid groups (broad SMARTS) is 1. The molecule has 0 saturated heterocycles. The summed E-state index contributed by atoms with van der Waals surface area (Å²) in [6, 6.07) is 10.2. The summed E-state index contributed by atoms with van der Waals surface area (Å²) in [5.41, 5.74) is 5.07. The summed E-state index contributed by atoms with van der Waals surface area (Å²) in [6.07, 6.45) is 2.39. The molecule has 0 bridgehead atoms. The van der Waals surface area contributed by atoms with Crippen LogP contribution in [0.3, 0.4) is 0 Å². The number of carbonyl (C=O) groups is 1. The van der Waals surface area contributed by atoms with Crippen molar-refractivity contribution in [3.05, 3.63) is 42.0 Å². The molecule has 0 radical (unpaired) electrons. The van der Waals surface area contributed by atoms with Gasteiger partial charge in [-0.25, -0.2) is 4.79 Å². The highest BCUT2D eigenvalue weighted by Crippen LogP contribution is 2.28. The molecule has 0 aliphatic heterocycles. The van der Waals surface area contributed by atoms with E-state index in [2.05, 4.69) is 6.92 Å². The largest absolute Gasteiger partial charge is 0.506 e. The predicted octanol–water partition coefficient (Wildman–Crippen LogP) is 2.99. The maximum Gasteiger partial charge on any atom is 0.339 e. The summed E-state index contributed by atoms with van der Waals surface area (Å²) in [7, 11) is 0. The van der Waals surface area contributed by atoms with Crippen LogP contribution in [0.1, 0.15) is 30.1 Å². The lowest BCUT2D eigenvalue weighted by Gasteiger charge is -2.03. The first kappa shape index (κ1) is 15.0. The van der Waals surface area contributed by atoms with Gasteiger partial charge in [-0.05, 0) is 24.4 Å². The number of unbranched alkanes of at least 4 members (excludes halogenated alkanes) is 1. The van der Waals surface area contributed by atoms with Crippen molar-refractivity contribution in [3.63, 3.8) is 0 Å². The second-order valence-corrected chi connectivity index (χ2v) is 4.13. The van der Waals surface area contributed by atoms with Gasteiger partial charge in [0.2, 0.25) is 0 Å². The molecule has 102 valence electrons. The van der Waals surface area contributed by atoms with Crippen molar-refractivity contribution < 1.29 is 15.0 Å². The van der Waals surface area contributed by atoms with E-state index in [0.717, 1.165) is 11.9 Å². The van der Waals surface area contributed by atoms with Crippen molar-refractivity contribution in [1.82, 2.24) is 0 Å². The van der Waals surface area contributed by atoms with E-state index >= 15 is 0 Å². The number of carboxylic acids is 1. The van der Waals surface area contributed by atoms with Crippen LogP contribution in [0.2, 0.25) is 0 Å². The lowest BCUT2D eigenvalue weighted by atomic mass is 10.1. The third kappa shape index (κ3) is 3.96. The second-order valence-electron chi connectivity index (χ2n) is 4.13. The zero-order valence-corrected chi connectivity index (χ0v) is 11.0. The van der Waals surface area contributed by atoms with Crippen molar-refractivity contribution in [3.8, 4) is 5.75 Å². The summed E-state index contributed by atoms with van der Waals surface area (Å²) in [4.78, 5) is 10.7. The Kier molecular flexibility index (Phi) is 5.82. The molecule has 0 heterocycles. The number of hydrogen-bond donors (Lipinski definition) is 3. The second kappa shape index (κ2) is 7.38. The fourth-order valence-electron chi connectivity index (χ4n) is 1.63. The Labute approximate surface area is 112 Å².